The van der Waals surface area contributed by atoms with E-state index in [0.717, 1.165) is 6.42 Å². The van der Waals surface area contributed by atoms with E-state index >= 15 is 0 Å². The first kappa shape index (κ1) is 20.4. The maximum atomic E-state index is 13.1. The van der Waals surface area contributed by atoms with Gasteiger partial charge in [-0.25, -0.2) is 8.42 Å². The highest BCUT2D eigenvalue weighted by Gasteiger charge is 2.35. The maximum absolute atomic E-state index is 13.1. The molecule has 1 amide bonds. The number of carbonyl (C=O) groups is 1. The number of amides is 1. The van der Waals surface area contributed by atoms with Crippen molar-refractivity contribution in [2.24, 2.45) is 5.92 Å². The van der Waals surface area contributed by atoms with E-state index in [1.807, 2.05) is 11.8 Å². The zero-order chi connectivity index (χ0) is 20.4. The molecule has 0 aromatic heterocycles. The van der Waals surface area contributed by atoms with E-state index in [-0.39, 0.29) is 22.8 Å². The van der Waals surface area contributed by atoms with E-state index in [2.05, 4.69) is 0 Å². The molecule has 0 aliphatic carbocycles. The molecule has 0 bridgehead atoms. The highest BCUT2D eigenvalue weighted by Crippen LogP contribution is 2.34. The number of ether oxygens (including phenoxy) is 3. The Bertz CT molecular complexity index is 851. The summed E-state index contributed by atoms with van der Waals surface area (Å²) in [6.07, 6.45) is 1.88. The smallest absolute Gasteiger partial charge is 0.243 e. The van der Waals surface area contributed by atoms with Gasteiger partial charge in [0.2, 0.25) is 15.9 Å². The highest BCUT2D eigenvalue weighted by atomic mass is 32.2. The Hall–Kier alpha value is -1.84. The second-order valence-electron chi connectivity index (χ2n) is 7.80. The summed E-state index contributed by atoms with van der Waals surface area (Å²) >= 11 is 0. The van der Waals surface area contributed by atoms with Crippen LogP contribution in [0, 0.1) is 5.92 Å². The molecule has 0 spiro atoms. The minimum absolute atomic E-state index is 0.0487. The first-order valence-electron chi connectivity index (χ1n) is 10.3. The van der Waals surface area contributed by atoms with Crippen LogP contribution in [0.1, 0.15) is 26.2 Å². The number of sulfonamides is 1. The summed E-state index contributed by atoms with van der Waals surface area (Å²) in [4.78, 5) is 14.8. The first-order valence-corrected chi connectivity index (χ1v) is 11.7. The minimum atomic E-state index is -3.64. The lowest BCUT2D eigenvalue weighted by Crippen LogP contribution is -2.49. The third kappa shape index (κ3) is 4.36. The SMILES string of the molecule is CC1CN(C(=O)C2CCN(S(=O)(=O)c3ccc4c(c3)OCCCO4)CC2)CCO1. The average molecular weight is 425 g/mol. The molecule has 4 rings (SSSR count). The molecular formula is C20H28N2O6S. The quantitative estimate of drug-likeness (QED) is 0.731. The van der Waals surface area contributed by atoms with Gasteiger partial charge in [-0.1, -0.05) is 0 Å². The van der Waals surface area contributed by atoms with Gasteiger partial charge in [0.05, 0.1) is 30.8 Å². The third-order valence-electron chi connectivity index (χ3n) is 5.71. The fraction of sp³-hybridized carbons (Fsp3) is 0.650. The molecule has 1 aromatic carbocycles. The van der Waals surface area contributed by atoms with Gasteiger partial charge in [-0.3, -0.25) is 4.79 Å². The van der Waals surface area contributed by atoms with Gasteiger partial charge in [0.1, 0.15) is 0 Å². The van der Waals surface area contributed by atoms with Gasteiger partial charge in [-0.05, 0) is 31.9 Å². The molecule has 1 unspecified atom stereocenters. The van der Waals surface area contributed by atoms with Crippen molar-refractivity contribution >= 4 is 15.9 Å². The average Bonchev–Trinajstić information content (AvgIpc) is 2.98. The Kier molecular flexibility index (Phi) is 5.98. The molecule has 1 aromatic rings. The Balaban J connectivity index is 1.41. The largest absolute Gasteiger partial charge is 0.490 e. The zero-order valence-corrected chi connectivity index (χ0v) is 17.5. The van der Waals surface area contributed by atoms with Crippen molar-refractivity contribution in [1.82, 2.24) is 9.21 Å². The van der Waals surface area contributed by atoms with Crippen LogP contribution in [0.3, 0.4) is 0 Å². The number of benzene rings is 1. The van der Waals surface area contributed by atoms with Crippen molar-refractivity contribution < 1.29 is 27.4 Å². The lowest BCUT2D eigenvalue weighted by atomic mass is 9.96. The van der Waals surface area contributed by atoms with E-state index < -0.39 is 10.0 Å². The van der Waals surface area contributed by atoms with E-state index in [1.54, 1.807) is 18.2 Å². The number of carbonyl (C=O) groups excluding carboxylic acids is 1. The molecule has 0 saturated carbocycles. The van der Waals surface area contributed by atoms with Crippen LogP contribution in [-0.2, 0) is 19.6 Å². The molecular weight excluding hydrogens is 396 g/mol. The van der Waals surface area contributed by atoms with Gasteiger partial charge in [0.15, 0.2) is 11.5 Å². The molecule has 9 heteroatoms. The van der Waals surface area contributed by atoms with Crippen molar-refractivity contribution in [3.05, 3.63) is 18.2 Å². The second kappa shape index (κ2) is 8.49. The van der Waals surface area contributed by atoms with Crippen LogP contribution in [0.2, 0.25) is 0 Å². The summed E-state index contributed by atoms with van der Waals surface area (Å²) in [7, 11) is -3.64. The molecule has 1 atom stereocenters. The lowest BCUT2D eigenvalue weighted by molar-refractivity contribution is -0.143. The van der Waals surface area contributed by atoms with E-state index in [1.165, 1.54) is 4.31 Å². The molecule has 0 N–H and O–H groups in total. The van der Waals surface area contributed by atoms with Gasteiger partial charge in [0.25, 0.3) is 0 Å². The molecule has 3 aliphatic rings. The maximum Gasteiger partial charge on any atom is 0.243 e. The number of morpholine rings is 1. The van der Waals surface area contributed by atoms with Crippen molar-refractivity contribution in [3.8, 4) is 11.5 Å². The van der Waals surface area contributed by atoms with Crippen LogP contribution in [0.25, 0.3) is 0 Å². The van der Waals surface area contributed by atoms with Crippen molar-refractivity contribution in [3.63, 3.8) is 0 Å². The molecule has 8 nitrogen and oxygen atoms in total. The minimum Gasteiger partial charge on any atom is -0.490 e. The Morgan fingerprint density at radius 2 is 1.76 bits per heavy atom. The van der Waals surface area contributed by atoms with Gasteiger partial charge in [0, 0.05) is 44.6 Å². The van der Waals surface area contributed by atoms with Crippen LogP contribution in [0.4, 0.5) is 0 Å². The van der Waals surface area contributed by atoms with Crippen molar-refractivity contribution in [2.75, 3.05) is 46.0 Å². The normalized spacial score (nSPS) is 24.2. The van der Waals surface area contributed by atoms with Gasteiger partial charge < -0.3 is 19.1 Å². The van der Waals surface area contributed by atoms with E-state index in [9.17, 15) is 13.2 Å². The van der Waals surface area contributed by atoms with Gasteiger partial charge in [-0.15, -0.1) is 0 Å². The van der Waals surface area contributed by atoms with E-state index in [4.69, 9.17) is 14.2 Å². The fourth-order valence-corrected chi connectivity index (χ4v) is 5.56. The molecule has 2 saturated heterocycles. The predicted octanol–water partition coefficient (Wildman–Crippen LogP) is 1.50. The zero-order valence-electron chi connectivity index (χ0n) is 16.7. The molecule has 3 heterocycles. The highest BCUT2D eigenvalue weighted by molar-refractivity contribution is 7.89. The van der Waals surface area contributed by atoms with Gasteiger partial charge in [-0.2, -0.15) is 4.31 Å². The van der Waals surface area contributed by atoms with Crippen LogP contribution in [-0.4, -0.2) is 75.6 Å². The third-order valence-corrected chi connectivity index (χ3v) is 7.61. The summed E-state index contributed by atoms with van der Waals surface area (Å²) in [5.74, 6) is 1.03. The predicted molar refractivity (Wildman–Crippen MR) is 106 cm³/mol. The fourth-order valence-electron chi connectivity index (χ4n) is 4.07. The molecule has 29 heavy (non-hydrogen) atoms. The number of nitrogens with zero attached hydrogens (tertiary/aromatic N) is 2. The summed E-state index contributed by atoms with van der Waals surface area (Å²) in [6.45, 7) is 5.48. The number of fused-ring (bicyclic) bond motifs is 1. The van der Waals surface area contributed by atoms with Crippen LogP contribution >= 0.6 is 0 Å². The molecule has 3 aliphatic heterocycles. The number of piperidine rings is 1. The topological polar surface area (TPSA) is 85.4 Å². The van der Waals surface area contributed by atoms with E-state index in [0.29, 0.717) is 70.3 Å². The lowest BCUT2D eigenvalue weighted by Gasteiger charge is -2.36. The number of rotatable bonds is 3. The van der Waals surface area contributed by atoms with Crippen molar-refractivity contribution in [2.45, 2.75) is 37.2 Å². The second-order valence-corrected chi connectivity index (χ2v) is 9.74. The van der Waals surface area contributed by atoms with Crippen LogP contribution < -0.4 is 9.47 Å². The Morgan fingerprint density at radius 3 is 2.48 bits per heavy atom. The number of hydrogen-bond acceptors (Lipinski definition) is 6. The Morgan fingerprint density at radius 1 is 1.03 bits per heavy atom. The summed E-state index contributed by atoms with van der Waals surface area (Å²) in [5.41, 5.74) is 0. The summed E-state index contributed by atoms with van der Waals surface area (Å²) < 4.78 is 44.4. The Labute approximate surface area is 171 Å². The van der Waals surface area contributed by atoms with Crippen LogP contribution in [0.15, 0.2) is 23.1 Å². The van der Waals surface area contributed by atoms with Crippen molar-refractivity contribution in [1.29, 1.82) is 0 Å². The summed E-state index contributed by atoms with van der Waals surface area (Å²) in [6, 6.07) is 4.76. The molecule has 160 valence electrons. The number of hydrogen-bond donors (Lipinski definition) is 0. The molecule has 0 radical (unpaired) electrons. The first-order chi connectivity index (χ1) is 13.9. The standard InChI is InChI=1S/C20H28N2O6S/c1-15-14-21(9-12-26-15)20(23)16-5-7-22(8-6-16)29(24,25)17-3-4-18-19(13-17)28-11-2-10-27-18/h3-4,13,15-16H,2,5-12,14H2,1H3. The monoisotopic (exact) mass is 424 g/mol. The molecule has 2 fully saturated rings. The summed E-state index contributed by atoms with van der Waals surface area (Å²) in [5, 5.41) is 0. The van der Waals surface area contributed by atoms with Gasteiger partial charge >= 0.3 is 0 Å². The van der Waals surface area contributed by atoms with Crippen LogP contribution in [0.5, 0.6) is 11.5 Å².